The summed E-state index contributed by atoms with van der Waals surface area (Å²) in [7, 11) is 0. The largest absolute Gasteiger partial charge is 0.489 e. The maximum Gasteiger partial charge on any atom is 0.416 e. The third kappa shape index (κ3) is 5.92. The summed E-state index contributed by atoms with van der Waals surface area (Å²) in [5, 5.41) is 0.802. The fraction of sp³-hybridized carbons (Fsp3) is 0.259. The van der Waals surface area contributed by atoms with Crippen molar-refractivity contribution in [3.8, 4) is 17.0 Å². The molecule has 0 fully saturated rings. The molecule has 38 heavy (non-hydrogen) atoms. The zero-order chi connectivity index (χ0) is 27.7. The molecule has 0 aliphatic carbocycles. The Morgan fingerprint density at radius 3 is 2.29 bits per heavy atom. The third-order valence-corrected chi connectivity index (χ3v) is 5.88. The number of hydrogen-bond donors (Lipinski definition) is 0. The van der Waals surface area contributed by atoms with Gasteiger partial charge in [0.2, 0.25) is 0 Å². The predicted octanol–water partition coefficient (Wildman–Crippen LogP) is 7.19. The van der Waals surface area contributed by atoms with E-state index in [1.54, 1.807) is 42.0 Å². The number of nitrogens with zero attached hydrogens (tertiary/aromatic N) is 2. The Morgan fingerprint density at radius 1 is 0.947 bits per heavy atom. The SMILES string of the molecule is CCOC(=O)Cn1ccc2ccc(OCc3c(C(F)(F)F)cc(-c4ccc(C(F)(F)F)cc4)nc3C)cc21. The van der Waals surface area contributed by atoms with Gasteiger partial charge in [-0.2, -0.15) is 26.3 Å². The molecule has 0 aliphatic heterocycles. The lowest BCUT2D eigenvalue weighted by Gasteiger charge is -2.18. The molecule has 0 bridgehead atoms. The number of carbonyl (C=O) groups excluding carboxylic acids is 1. The van der Waals surface area contributed by atoms with E-state index in [9.17, 15) is 31.1 Å². The van der Waals surface area contributed by atoms with Gasteiger partial charge in [-0.1, -0.05) is 12.1 Å². The highest BCUT2D eigenvalue weighted by atomic mass is 19.4. The zero-order valence-corrected chi connectivity index (χ0v) is 20.3. The summed E-state index contributed by atoms with van der Waals surface area (Å²) >= 11 is 0. The molecule has 0 atom stereocenters. The Kier molecular flexibility index (Phi) is 7.39. The number of pyridine rings is 1. The Morgan fingerprint density at radius 2 is 1.66 bits per heavy atom. The zero-order valence-electron chi connectivity index (χ0n) is 20.3. The first-order valence-electron chi connectivity index (χ1n) is 11.5. The van der Waals surface area contributed by atoms with Crippen molar-refractivity contribution < 1.29 is 40.6 Å². The fourth-order valence-electron chi connectivity index (χ4n) is 4.00. The molecule has 0 spiro atoms. The van der Waals surface area contributed by atoms with Crippen molar-refractivity contribution in [2.45, 2.75) is 39.4 Å². The van der Waals surface area contributed by atoms with Crippen molar-refractivity contribution in [1.29, 1.82) is 0 Å². The van der Waals surface area contributed by atoms with Gasteiger partial charge < -0.3 is 14.0 Å². The maximum absolute atomic E-state index is 14.0. The summed E-state index contributed by atoms with van der Waals surface area (Å²) in [5.74, 6) is -0.151. The van der Waals surface area contributed by atoms with Crippen LogP contribution in [0.1, 0.15) is 29.3 Å². The molecule has 4 aromatic rings. The van der Waals surface area contributed by atoms with Gasteiger partial charge >= 0.3 is 18.3 Å². The number of aryl methyl sites for hydroxylation is 1. The summed E-state index contributed by atoms with van der Waals surface area (Å²) in [5.41, 5.74) is -1.43. The number of ether oxygens (including phenoxy) is 2. The predicted molar refractivity (Wildman–Crippen MR) is 127 cm³/mol. The molecule has 0 N–H and O–H groups in total. The number of esters is 1. The van der Waals surface area contributed by atoms with E-state index in [1.165, 1.54) is 6.92 Å². The average molecular weight is 536 g/mol. The van der Waals surface area contributed by atoms with E-state index in [0.29, 0.717) is 5.52 Å². The number of carbonyl (C=O) groups is 1. The molecule has 200 valence electrons. The number of benzene rings is 2. The smallest absolute Gasteiger partial charge is 0.416 e. The van der Waals surface area contributed by atoms with Crippen LogP contribution < -0.4 is 4.74 Å². The molecule has 2 heterocycles. The van der Waals surface area contributed by atoms with Crippen LogP contribution in [0.2, 0.25) is 0 Å². The molecule has 4 rings (SSSR count). The first-order chi connectivity index (χ1) is 17.9. The molecule has 2 aromatic carbocycles. The summed E-state index contributed by atoms with van der Waals surface area (Å²) in [6.45, 7) is 2.83. The molecule has 2 aromatic heterocycles. The molecule has 0 amide bonds. The highest BCUT2D eigenvalue weighted by Gasteiger charge is 2.35. The highest BCUT2D eigenvalue weighted by Crippen LogP contribution is 2.37. The molecule has 5 nitrogen and oxygen atoms in total. The van der Waals surface area contributed by atoms with Crippen LogP contribution in [0.25, 0.3) is 22.2 Å². The Hall–Kier alpha value is -4.02. The van der Waals surface area contributed by atoms with Crippen molar-refractivity contribution in [2.24, 2.45) is 0 Å². The summed E-state index contributed by atoms with van der Waals surface area (Å²) in [6.07, 6.45) is -7.63. The van der Waals surface area contributed by atoms with Crippen molar-refractivity contribution >= 4 is 16.9 Å². The van der Waals surface area contributed by atoms with Crippen LogP contribution in [-0.2, 0) is 35.0 Å². The highest BCUT2D eigenvalue weighted by molar-refractivity contribution is 5.83. The van der Waals surface area contributed by atoms with E-state index >= 15 is 0 Å². The molecule has 0 radical (unpaired) electrons. The van der Waals surface area contributed by atoms with Gasteiger partial charge in [0, 0.05) is 29.1 Å². The van der Waals surface area contributed by atoms with Gasteiger partial charge in [-0.25, -0.2) is 0 Å². The molecule has 0 saturated carbocycles. The molecule has 0 unspecified atom stereocenters. The molecule has 11 heteroatoms. The summed E-state index contributed by atoms with van der Waals surface area (Å²) in [6, 6.07) is 11.3. The van der Waals surface area contributed by atoms with Gasteiger partial charge in [0.15, 0.2) is 0 Å². The van der Waals surface area contributed by atoms with E-state index in [0.717, 1.165) is 35.7 Å². The van der Waals surface area contributed by atoms with Crippen LogP contribution in [0.15, 0.2) is 60.8 Å². The first-order valence-corrected chi connectivity index (χ1v) is 11.5. The Bertz CT molecular complexity index is 1460. The molecular formula is C27H22F6N2O3. The minimum absolute atomic E-state index is 0.0292. The second kappa shape index (κ2) is 10.4. The van der Waals surface area contributed by atoms with Gasteiger partial charge in [-0.3, -0.25) is 9.78 Å². The van der Waals surface area contributed by atoms with Crippen molar-refractivity contribution in [2.75, 3.05) is 6.61 Å². The van der Waals surface area contributed by atoms with Crippen LogP contribution in [0.5, 0.6) is 5.75 Å². The fourth-order valence-corrected chi connectivity index (χ4v) is 4.00. The van der Waals surface area contributed by atoms with E-state index in [1.807, 2.05) is 0 Å². The molecule has 0 aliphatic rings. The number of hydrogen-bond acceptors (Lipinski definition) is 4. The standard InChI is InChI=1S/C27H22F6N2O3/c1-3-37-25(36)14-35-11-10-18-6-9-20(12-24(18)35)38-15-21-16(2)34-23(13-22(21)27(31,32)33)17-4-7-19(8-5-17)26(28,29)30/h4-13H,3,14-15H2,1-2H3. The van der Waals surface area contributed by atoms with Crippen LogP contribution in [0, 0.1) is 6.92 Å². The van der Waals surface area contributed by atoms with Crippen LogP contribution in [0.3, 0.4) is 0 Å². The van der Waals surface area contributed by atoms with Crippen molar-refractivity contribution in [1.82, 2.24) is 9.55 Å². The Labute approximate surface area is 213 Å². The average Bonchev–Trinajstić information content (AvgIpc) is 3.23. The quantitative estimate of drug-likeness (QED) is 0.185. The van der Waals surface area contributed by atoms with Crippen molar-refractivity contribution in [3.05, 3.63) is 83.2 Å². The number of halogens is 6. The Balaban J connectivity index is 1.62. The van der Waals surface area contributed by atoms with Gasteiger partial charge in [0.05, 0.1) is 28.9 Å². The monoisotopic (exact) mass is 536 g/mol. The molecular weight excluding hydrogens is 514 g/mol. The van der Waals surface area contributed by atoms with Gasteiger partial charge in [0.25, 0.3) is 0 Å². The number of aromatic nitrogens is 2. The van der Waals surface area contributed by atoms with E-state index in [2.05, 4.69) is 4.98 Å². The van der Waals surface area contributed by atoms with Gasteiger partial charge in [-0.05, 0) is 55.6 Å². The minimum atomic E-state index is -4.76. The molecule has 0 saturated heterocycles. The van der Waals surface area contributed by atoms with Crippen molar-refractivity contribution in [3.63, 3.8) is 0 Å². The summed E-state index contributed by atoms with van der Waals surface area (Å²) < 4.78 is 92.9. The number of alkyl halides is 6. The maximum atomic E-state index is 14.0. The number of fused-ring (bicyclic) bond motifs is 1. The van der Waals surface area contributed by atoms with Gasteiger partial charge in [0.1, 0.15) is 18.9 Å². The third-order valence-electron chi connectivity index (χ3n) is 5.88. The first kappa shape index (κ1) is 27.0. The lowest BCUT2D eigenvalue weighted by Crippen LogP contribution is -2.14. The lowest BCUT2D eigenvalue weighted by molar-refractivity contribution is -0.143. The minimum Gasteiger partial charge on any atom is -0.489 e. The van der Waals surface area contributed by atoms with Gasteiger partial charge in [-0.15, -0.1) is 0 Å². The summed E-state index contributed by atoms with van der Waals surface area (Å²) in [4.78, 5) is 16.1. The van der Waals surface area contributed by atoms with E-state index in [4.69, 9.17) is 9.47 Å². The van der Waals surface area contributed by atoms with E-state index in [-0.39, 0.29) is 41.4 Å². The second-order valence-corrected chi connectivity index (χ2v) is 8.45. The topological polar surface area (TPSA) is 53.4 Å². The second-order valence-electron chi connectivity index (χ2n) is 8.45. The van der Waals surface area contributed by atoms with Crippen LogP contribution in [-0.4, -0.2) is 22.1 Å². The normalized spacial score (nSPS) is 12.1. The van der Waals surface area contributed by atoms with Crippen LogP contribution in [0.4, 0.5) is 26.3 Å². The van der Waals surface area contributed by atoms with E-state index < -0.39 is 36.1 Å². The van der Waals surface area contributed by atoms with Crippen LogP contribution >= 0.6 is 0 Å². The lowest BCUT2D eigenvalue weighted by atomic mass is 10.0. The number of rotatable bonds is 7.